The first-order chi connectivity index (χ1) is 8.38. The fourth-order valence-electron chi connectivity index (χ4n) is 1.70. The van der Waals surface area contributed by atoms with Crippen LogP contribution >= 0.6 is 0 Å². The maximum Gasteiger partial charge on any atom is 0.219 e. The molecule has 1 N–H and O–H groups in total. The lowest BCUT2D eigenvalue weighted by Crippen LogP contribution is -2.22. The van der Waals surface area contributed by atoms with Crippen LogP contribution in [-0.4, -0.2) is 13.0 Å². The van der Waals surface area contributed by atoms with E-state index in [4.69, 9.17) is 4.74 Å². The van der Waals surface area contributed by atoms with Crippen LogP contribution in [0.25, 0.3) is 0 Å². The van der Waals surface area contributed by atoms with E-state index >= 15 is 0 Å². The summed E-state index contributed by atoms with van der Waals surface area (Å²) in [5, 5.41) is 2.88. The Balaban J connectivity index is 2.96. The van der Waals surface area contributed by atoms with Crippen LogP contribution in [-0.2, 0) is 16.8 Å². The van der Waals surface area contributed by atoms with Crippen LogP contribution in [0.1, 0.15) is 45.2 Å². The third kappa shape index (κ3) is 3.76. The van der Waals surface area contributed by atoms with E-state index in [1.165, 1.54) is 5.56 Å². The molecule has 1 amide bonds. The minimum absolute atomic E-state index is 0.0539. The topological polar surface area (TPSA) is 38.3 Å². The molecule has 0 fully saturated rings. The second-order valence-electron chi connectivity index (χ2n) is 5.41. The zero-order valence-corrected chi connectivity index (χ0v) is 12.0. The number of nitrogens with one attached hydrogen (secondary N) is 1. The normalized spacial score (nSPS) is 11.2. The van der Waals surface area contributed by atoms with Gasteiger partial charge >= 0.3 is 0 Å². The number of amides is 1. The number of methoxy groups -OCH3 is 1. The smallest absolute Gasteiger partial charge is 0.219 e. The molecule has 0 aliphatic heterocycles. The molecule has 1 aromatic carbocycles. The van der Waals surface area contributed by atoms with Gasteiger partial charge in [-0.25, -0.2) is 0 Å². The third-order valence-corrected chi connectivity index (χ3v) is 2.94. The quantitative estimate of drug-likeness (QED) is 0.890. The number of rotatable bonds is 4. The van der Waals surface area contributed by atoms with Crippen molar-refractivity contribution in [2.24, 2.45) is 0 Å². The van der Waals surface area contributed by atoms with Gasteiger partial charge in [0.15, 0.2) is 0 Å². The lowest BCUT2D eigenvalue weighted by atomic mass is 9.86. The van der Waals surface area contributed by atoms with Gasteiger partial charge in [-0.05, 0) is 23.1 Å². The Morgan fingerprint density at radius 3 is 2.50 bits per heavy atom. The van der Waals surface area contributed by atoms with Crippen molar-refractivity contribution in [1.82, 2.24) is 5.32 Å². The van der Waals surface area contributed by atoms with E-state index in [0.29, 0.717) is 13.0 Å². The highest BCUT2D eigenvalue weighted by atomic mass is 16.5. The minimum Gasteiger partial charge on any atom is -0.496 e. The standard InChI is InChI=1S/C15H23NO2/c1-6-14(17)16-10-11-9-12(15(2,3)4)7-8-13(11)18-5/h7-9H,6,10H2,1-5H3,(H,16,17). The molecule has 100 valence electrons. The summed E-state index contributed by atoms with van der Waals surface area (Å²) in [4.78, 5) is 11.3. The van der Waals surface area contributed by atoms with Gasteiger partial charge in [-0.2, -0.15) is 0 Å². The summed E-state index contributed by atoms with van der Waals surface area (Å²) in [6.07, 6.45) is 0.501. The van der Waals surface area contributed by atoms with Crippen LogP contribution in [0.4, 0.5) is 0 Å². The number of carbonyl (C=O) groups excluding carboxylic acids is 1. The fraction of sp³-hybridized carbons (Fsp3) is 0.533. The summed E-state index contributed by atoms with van der Waals surface area (Å²) >= 11 is 0. The molecule has 0 saturated carbocycles. The van der Waals surface area contributed by atoms with Gasteiger partial charge in [0.1, 0.15) is 5.75 Å². The summed E-state index contributed by atoms with van der Waals surface area (Å²) in [6, 6.07) is 6.15. The molecule has 0 aliphatic rings. The van der Waals surface area contributed by atoms with Crippen LogP contribution in [0.15, 0.2) is 18.2 Å². The number of ether oxygens (including phenoxy) is 1. The van der Waals surface area contributed by atoms with E-state index in [1.54, 1.807) is 7.11 Å². The molecular weight excluding hydrogens is 226 g/mol. The predicted octanol–water partition coefficient (Wildman–Crippen LogP) is 3.02. The Labute approximate surface area is 110 Å². The van der Waals surface area contributed by atoms with Crippen molar-refractivity contribution in [3.05, 3.63) is 29.3 Å². The van der Waals surface area contributed by atoms with Gasteiger partial charge in [0, 0.05) is 18.5 Å². The van der Waals surface area contributed by atoms with E-state index in [9.17, 15) is 4.79 Å². The maximum absolute atomic E-state index is 11.3. The van der Waals surface area contributed by atoms with Gasteiger partial charge in [0.25, 0.3) is 0 Å². The van der Waals surface area contributed by atoms with Crippen molar-refractivity contribution in [3.8, 4) is 5.75 Å². The first-order valence-corrected chi connectivity index (χ1v) is 6.32. The van der Waals surface area contributed by atoms with Crippen LogP contribution < -0.4 is 10.1 Å². The van der Waals surface area contributed by atoms with Gasteiger partial charge in [-0.3, -0.25) is 4.79 Å². The second kappa shape index (κ2) is 5.89. The van der Waals surface area contributed by atoms with E-state index in [1.807, 2.05) is 13.0 Å². The van der Waals surface area contributed by atoms with Gasteiger partial charge < -0.3 is 10.1 Å². The van der Waals surface area contributed by atoms with Crippen molar-refractivity contribution >= 4 is 5.91 Å². The Kier molecular flexibility index (Phi) is 4.76. The van der Waals surface area contributed by atoms with E-state index < -0.39 is 0 Å². The molecule has 3 heteroatoms. The first-order valence-electron chi connectivity index (χ1n) is 6.32. The molecule has 0 aliphatic carbocycles. The van der Waals surface area contributed by atoms with Crippen molar-refractivity contribution < 1.29 is 9.53 Å². The molecular formula is C15H23NO2. The second-order valence-corrected chi connectivity index (χ2v) is 5.41. The molecule has 0 spiro atoms. The summed E-state index contributed by atoms with van der Waals surface area (Å²) in [5.74, 6) is 0.873. The zero-order valence-electron chi connectivity index (χ0n) is 12.0. The van der Waals surface area contributed by atoms with Gasteiger partial charge in [0.2, 0.25) is 5.91 Å². The molecule has 18 heavy (non-hydrogen) atoms. The van der Waals surface area contributed by atoms with E-state index in [2.05, 4.69) is 38.2 Å². The Morgan fingerprint density at radius 2 is 2.00 bits per heavy atom. The number of hydrogen-bond donors (Lipinski definition) is 1. The number of benzene rings is 1. The summed E-state index contributed by atoms with van der Waals surface area (Å²) < 4.78 is 5.33. The molecule has 0 heterocycles. The SMILES string of the molecule is CCC(=O)NCc1cc(C(C)(C)C)ccc1OC. The van der Waals surface area contributed by atoms with Crippen molar-refractivity contribution in [3.63, 3.8) is 0 Å². The van der Waals surface area contributed by atoms with E-state index in [0.717, 1.165) is 11.3 Å². The third-order valence-electron chi connectivity index (χ3n) is 2.94. The van der Waals surface area contributed by atoms with Crippen LogP contribution in [0.3, 0.4) is 0 Å². The van der Waals surface area contributed by atoms with Crippen molar-refractivity contribution in [1.29, 1.82) is 0 Å². The molecule has 1 aromatic rings. The highest BCUT2D eigenvalue weighted by molar-refractivity contribution is 5.75. The Bertz CT molecular complexity index is 419. The maximum atomic E-state index is 11.3. The number of carbonyl (C=O) groups is 1. The molecule has 0 saturated heterocycles. The monoisotopic (exact) mass is 249 g/mol. The van der Waals surface area contributed by atoms with Crippen molar-refractivity contribution in [2.45, 2.75) is 46.1 Å². The zero-order chi connectivity index (χ0) is 13.8. The van der Waals surface area contributed by atoms with Crippen LogP contribution in [0.2, 0.25) is 0 Å². The summed E-state index contributed by atoms with van der Waals surface area (Å²) in [6.45, 7) is 8.87. The molecule has 0 unspecified atom stereocenters. The Morgan fingerprint density at radius 1 is 1.33 bits per heavy atom. The Hall–Kier alpha value is -1.51. The highest BCUT2D eigenvalue weighted by Gasteiger charge is 2.15. The number of hydrogen-bond acceptors (Lipinski definition) is 2. The van der Waals surface area contributed by atoms with Crippen LogP contribution in [0, 0.1) is 0 Å². The van der Waals surface area contributed by atoms with Crippen LogP contribution in [0.5, 0.6) is 5.75 Å². The lowest BCUT2D eigenvalue weighted by Gasteiger charge is -2.21. The summed E-state index contributed by atoms with van der Waals surface area (Å²) in [7, 11) is 1.65. The van der Waals surface area contributed by atoms with Gasteiger partial charge in [-0.1, -0.05) is 33.8 Å². The fourth-order valence-corrected chi connectivity index (χ4v) is 1.70. The molecule has 0 aromatic heterocycles. The average Bonchev–Trinajstić information content (AvgIpc) is 2.34. The largest absolute Gasteiger partial charge is 0.496 e. The highest BCUT2D eigenvalue weighted by Crippen LogP contribution is 2.27. The van der Waals surface area contributed by atoms with Gasteiger partial charge in [-0.15, -0.1) is 0 Å². The average molecular weight is 249 g/mol. The molecule has 0 bridgehead atoms. The molecule has 3 nitrogen and oxygen atoms in total. The summed E-state index contributed by atoms with van der Waals surface area (Å²) in [5.41, 5.74) is 2.35. The lowest BCUT2D eigenvalue weighted by molar-refractivity contribution is -0.120. The molecule has 0 atom stereocenters. The van der Waals surface area contributed by atoms with Crippen molar-refractivity contribution in [2.75, 3.05) is 7.11 Å². The minimum atomic E-state index is 0.0539. The first kappa shape index (κ1) is 14.6. The molecule has 0 radical (unpaired) electrons. The van der Waals surface area contributed by atoms with Gasteiger partial charge in [0.05, 0.1) is 7.11 Å². The predicted molar refractivity (Wildman–Crippen MR) is 73.8 cm³/mol. The molecule has 1 rings (SSSR count). The van der Waals surface area contributed by atoms with E-state index in [-0.39, 0.29) is 11.3 Å².